The van der Waals surface area contributed by atoms with Gasteiger partial charge in [-0.15, -0.1) is 0 Å². The number of rotatable bonds is 5. The van der Waals surface area contributed by atoms with Crippen molar-refractivity contribution in [1.82, 2.24) is 9.88 Å². The summed E-state index contributed by atoms with van der Waals surface area (Å²) in [7, 11) is 0. The lowest BCUT2D eigenvalue weighted by molar-refractivity contribution is -0.150. The van der Waals surface area contributed by atoms with Crippen molar-refractivity contribution in [2.75, 3.05) is 25.4 Å². The molecule has 0 spiro atoms. The van der Waals surface area contributed by atoms with E-state index in [-0.39, 0.29) is 23.8 Å². The zero-order valence-electron chi connectivity index (χ0n) is 14.9. The van der Waals surface area contributed by atoms with Crippen LogP contribution in [-0.2, 0) is 14.3 Å². The predicted molar refractivity (Wildman–Crippen MR) is 97.9 cm³/mol. The molecule has 0 unspecified atom stereocenters. The standard InChI is InChI=1S/C18H23N3O4S/c1-13-9-15(22)20-18(14(13)10-19)26-12-17(24)25-11-16(23)21-7-5-3-2-4-6-8-21/h9H,2-8,11-12H2,1H3,(H,20,22). The third kappa shape index (κ3) is 5.92. The number of hydrogen-bond donors (Lipinski definition) is 1. The number of nitrogens with one attached hydrogen (secondary N) is 1. The zero-order valence-corrected chi connectivity index (χ0v) is 15.7. The molecule has 0 saturated carbocycles. The Morgan fingerprint density at radius 3 is 2.58 bits per heavy atom. The first-order valence-electron chi connectivity index (χ1n) is 8.71. The van der Waals surface area contributed by atoms with E-state index in [1.54, 1.807) is 11.8 Å². The lowest BCUT2D eigenvalue weighted by Crippen LogP contribution is -2.37. The number of aromatic amines is 1. The Hall–Kier alpha value is -2.27. The van der Waals surface area contributed by atoms with Gasteiger partial charge < -0.3 is 14.6 Å². The number of likely N-dealkylation sites (tertiary alicyclic amines) is 1. The predicted octanol–water partition coefficient (Wildman–Crippen LogP) is 1.98. The number of carbonyl (C=O) groups excluding carboxylic acids is 2. The van der Waals surface area contributed by atoms with Crippen LogP contribution in [0.2, 0.25) is 0 Å². The number of thioether (sulfide) groups is 1. The lowest BCUT2D eigenvalue weighted by atomic mass is 10.1. The molecule has 8 heteroatoms. The molecule has 1 aromatic rings. The molecule has 1 aliphatic rings. The first-order chi connectivity index (χ1) is 12.5. The Balaban J connectivity index is 1.83. The second-order valence-electron chi connectivity index (χ2n) is 6.23. The number of esters is 1. The van der Waals surface area contributed by atoms with Gasteiger partial charge in [-0.25, -0.2) is 0 Å². The minimum atomic E-state index is -0.554. The first kappa shape index (κ1) is 20.0. The molecule has 1 N–H and O–H groups in total. The van der Waals surface area contributed by atoms with Gasteiger partial charge in [-0.3, -0.25) is 14.4 Å². The van der Waals surface area contributed by atoms with Gasteiger partial charge in [0.2, 0.25) is 5.56 Å². The number of aryl methyl sites for hydroxylation is 1. The van der Waals surface area contributed by atoms with E-state index in [9.17, 15) is 14.4 Å². The number of nitriles is 1. The molecule has 0 radical (unpaired) electrons. The van der Waals surface area contributed by atoms with Gasteiger partial charge in [0.05, 0.1) is 16.3 Å². The third-order valence-electron chi connectivity index (χ3n) is 4.22. The Kier molecular flexibility index (Phi) is 7.73. The van der Waals surface area contributed by atoms with Gasteiger partial charge >= 0.3 is 5.97 Å². The number of nitrogens with zero attached hydrogens (tertiary/aromatic N) is 2. The second-order valence-corrected chi connectivity index (χ2v) is 7.22. The largest absolute Gasteiger partial charge is 0.455 e. The first-order valence-corrected chi connectivity index (χ1v) is 9.70. The molecule has 0 bridgehead atoms. The molecule has 2 rings (SSSR count). The summed E-state index contributed by atoms with van der Waals surface area (Å²) in [6.45, 7) is 2.81. The molecule has 7 nitrogen and oxygen atoms in total. The fraction of sp³-hybridized carbons (Fsp3) is 0.556. The number of H-pyrrole nitrogens is 1. The fourth-order valence-electron chi connectivity index (χ4n) is 2.81. The number of amides is 1. The number of carbonyl (C=O) groups is 2. The van der Waals surface area contributed by atoms with Crippen LogP contribution in [0, 0.1) is 18.3 Å². The minimum absolute atomic E-state index is 0.0820. The van der Waals surface area contributed by atoms with Crippen molar-refractivity contribution in [3.05, 3.63) is 27.5 Å². The lowest BCUT2D eigenvalue weighted by Gasteiger charge is -2.24. The molecule has 0 atom stereocenters. The topological polar surface area (TPSA) is 103 Å². The van der Waals surface area contributed by atoms with Crippen LogP contribution in [0.1, 0.15) is 43.2 Å². The van der Waals surface area contributed by atoms with E-state index in [0.717, 1.165) is 37.4 Å². The van der Waals surface area contributed by atoms with Crippen LogP contribution in [0.25, 0.3) is 0 Å². The third-order valence-corrected chi connectivity index (χ3v) is 5.19. The van der Waals surface area contributed by atoms with Crippen LogP contribution >= 0.6 is 11.8 Å². The highest BCUT2D eigenvalue weighted by molar-refractivity contribution is 7.99. The van der Waals surface area contributed by atoms with Crippen LogP contribution in [0.15, 0.2) is 15.9 Å². The van der Waals surface area contributed by atoms with Gasteiger partial charge in [0.25, 0.3) is 5.91 Å². The van der Waals surface area contributed by atoms with E-state index in [0.29, 0.717) is 29.2 Å². The molecule has 1 fully saturated rings. The Labute approximate surface area is 156 Å². The molecular weight excluding hydrogens is 354 g/mol. The van der Waals surface area contributed by atoms with Crippen molar-refractivity contribution in [3.63, 3.8) is 0 Å². The van der Waals surface area contributed by atoms with Crippen LogP contribution in [0.3, 0.4) is 0 Å². The summed E-state index contributed by atoms with van der Waals surface area (Å²) < 4.78 is 5.06. The van der Waals surface area contributed by atoms with Crippen molar-refractivity contribution in [2.45, 2.75) is 44.1 Å². The highest BCUT2D eigenvalue weighted by atomic mass is 32.2. The quantitative estimate of drug-likeness (QED) is 0.622. The maximum Gasteiger partial charge on any atom is 0.316 e. The molecular formula is C18H23N3O4S. The van der Waals surface area contributed by atoms with Gasteiger partial charge in [-0.05, 0) is 25.3 Å². The summed E-state index contributed by atoms with van der Waals surface area (Å²) in [5.41, 5.74) is 0.558. The highest BCUT2D eigenvalue weighted by Gasteiger charge is 2.17. The molecule has 1 aromatic heterocycles. The van der Waals surface area contributed by atoms with E-state index < -0.39 is 5.97 Å². The van der Waals surface area contributed by atoms with Crippen molar-refractivity contribution in [2.24, 2.45) is 0 Å². The molecule has 140 valence electrons. The normalized spacial score (nSPS) is 14.8. The Morgan fingerprint density at radius 2 is 1.92 bits per heavy atom. The second kappa shape index (κ2) is 10.0. The number of pyridine rings is 1. The summed E-state index contributed by atoms with van der Waals surface area (Å²) in [5.74, 6) is -0.810. The highest BCUT2D eigenvalue weighted by Crippen LogP contribution is 2.21. The fourth-order valence-corrected chi connectivity index (χ4v) is 3.68. The van der Waals surface area contributed by atoms with Crippen molar-refractivity contribution < 1.29 is 14.3 Å². The van der Waals surface area contributed by atoms with Crippen LogP contribution in [0.5, 0.6) is 0 Å². The number of ether oxygens (including phenoxy) is 1. The molecule has 1 aliphatic heterocycles. The summed E-state index contributed by atoms with van der Waals surface area (Å²) in [5, 5.41) is 9.50. The van der Waals surface area contributed by atoms with E-state index in [4.69, 9.17) is 10.00 Å². The molecule has 1 saturated heterocycles. The number of aromatic nitrogens is 1. The summed E-state index contributed by atoms with van der Waals surface area (Å²) in [6.07, 6.45) is 5.41. The van der Waals surface area contributed by atoms with Crippen molar-refractivity contribution in [1.29, 1.82) is 5.26 Å². The van der Waals surface area contributed by atoms with E-state index in [1.807, 2.05) is 6.07 Å². The van der Waals surface area contributed by atoms with E-state index in [2.05, 4.69) is 4.98 Å². The van der Waals surface area contributed by atoms with Crippen molar-refractivity contribution in [3.8, 4) is 6.07 Å². The van der Waals surface area contributed by atoms with E-state index in [1.165, 1.54) is 12.5 Å². The maximum atomic E-state index is 12.2. The van der Waals surface area contributed by atoms with E-state index >= 15 is 0 Å². The average molecular weight is 377 g/mol. The van der Waals surface area contributed by atoms with Crippen LogP contribution in [-0.4, -0.2) is 47.2 Å². The van der Waals surface area contributed by atoms with Gasteiger partial charge in [0, 0.05) is 19.2 Å². The monoisotopic (exact) mass is 377 g/mol. The summed E-state index contributed by atoms with van der Waals surface area (Å²) >= 11 is 1.02. The van der Waals surface area contributed by atoms with Gasteiger partial charge in [0.15, 0.2) is 6.61 Å². The van der Waals surface area contributed by atoms with Gasteiger partial charge in [-0.2, -0.15) is 5.26 Å². The van der Waals surface area contributed by atoms with Gasteiger partial charge in [-0.1, -0.05) is 31.0 Å². The van der Waals surface area contributed by atoms with Crippen LogP contribution < -0.4 is 5.56 Å². The van der Waals surface area contributed by atoms with Crippen LogP contribution in [0.4, 0.5) is 0 Å². The molecule has 26 heavy (non-hydrogen) atoms. The zero-order chi connectivity index (χ0) is 18.9. The Bertz CT molecular complexity index is 746. The SMILES string of the molecule is Cc1cc(=O)[nH]c(SCC(=O)OCC(=O)N2CCCCCCC2)c1C#N. The molecule has 1 amide bonds. The molecule has 0 aliphatic carbocycles. The van der Waals surface area contributed by atoms with Gasteiger partial charge in [0.1, 0.15) is 6.07 Å². The molecule has 2 heterocycles. The maximum absolute atomic E-state index is 12.2. The molecule has 0 aromatic carbocycles. The number of hydrogen-bond acceptors (Lipinski definition) is 6. The summed E-state index contributed by atoms with van der Waals surface area (Å²) in [6, 6.07) is 3.35. The van der Waals surface area contributed by atoms with Crippen molar-refractivity contribution >= 4 is 23.6 Å². The average Bonchev–Trinajstić information content (AvgIpc) is 2.57. The Morgan fingerprint density at radius 1 is 1.27 bits per heavy atom. The smallest absolute Gasteiger partial charge is 0.316 e. The minimum Gasteiger partial charge on any atom is -0.455 e. The summed E-state index contributed by atoms with van der Waals surface area (Å²) in [4.78, 5) is 39.9.